The Kier molecular flexibility index (Phi) is 5.33. The molecule has 19 heavy (non-hydrogen) atoms. The van der Waals surface area contributed by atoms with Crippen LogP contribution in [0.2, 0.25) is 0 Å². The number of rotatable bonds is 6. The quantitative estimate of drug-likeness (QED) is 0.741. The maximum absolute atomic E-state index is 12.4. The molecule has 0 aliphatic rings. The van der Waals surface area contributed by atoms with Gasteiger partial charge in [0.1, 0.15) is 5.56 Å². The van der Waals surface area contributed by atoms with Gasteiger partial charge in [0.25, 0.3) is 5.56 Å². The van der Waals surface area contributed by atoms with Gasteiger partial charge >= 0.3 is 0 Å². The normalized spacial score (nSPS) is 10.8. The fourth-order valence-electron chi connectivity index (χ4n) is 2.30. The predicted octanol–water partition coefficient (Wildman–Crippen LogP) is 2.47. The molecule has 1 rings (SSSR count). The molecule has 0 unspecified atom stereocenters. The van der Waals surface area contributed by atoms with Crippen molar-refractivity contribution in [2.24, 2.45) is 5.92 Å². The van der Waals surface area contributed by atoms with Crippen molar-refractivity contribution in [2.45, 2.75) is 41.2 Å². The molecule has 1 aromatic heterocycles. The zero-order chi connectivity index (χ0) is 14.6. The lowest BCUT2D eigenvalue weighted by Gasteiger charge is -2.24. The SMILES string of the molecule is CCN(CC)c1cc(C)n(CC(C)C)c(=O)c1C=O. The third kappa shape index (κ3) is 3.25. The van der Waals surface area contributed by atoms with Crippen LogP contribution in [0.5, 0.6) is 0 Å². The number of hydrogen-bond donors (Lipinski definition) is 0. The van der Waals surface area contributed by atoms with Crippen LogP contribution in [0.15, 0.2) is 10.9 Å². The highest BCUT2D eigenvalue weighted by atomic mass is 16.1. The summed E-state index contributed by atoms with van der Waals surface area (Å²) in [6, 6.07) is 1.94. The second kappa shape index (κ2) is 6.55. The van der Waals surface area contributed by atoms with Gasteiger partial charge in [-0.25, -0.2) is 0 Å². The van der Waals surface area contributed by atoms with Gasteiger partial charge in [0, 0.05) is 25.3 Å². The Labute approximate surface area is 115 Å². The molecule has 4 heteroatoms. The summed E-state index contributed by atoms with van der Waals surface area (Å²) >= 11 is 0. The molecule has 0 saturated heterocycles. The second-order valence-electron chi connectivity index (χ2n) is 5.18. The highest BCUT2D eigenvalue weighted by Gasteiger charge is 2.16. The number of carbonyl (C=O) groups is 1. The molecule has 106 valence electrons. The van der Waals surface area contributed by atoms with Crippen molar-refractivity contribution in [3.05, 3.63) is 27.7 Å². The van der Waals surface area contributed by atoms with Crippen LogP contribution in [0.3, 0.4) is 0 Å². The molecule has 0 fully saturated rings. The third-order valence-corrected chi connectivity index (χ3v) is 3.29. The van der Waals surface area contributed by atoms with E-state index in [9.17, 15) is 9.59 Å². The Bertz CT molecular complexity index is 500. The van der Waals surface area contributed by atoms with Gasteiger partial charge in [-0.15, -0.1) is 0 Å². The zero-order valence-electron chi connectivity index (χ0n) is 12.6. The number of nitrogens with zero attached hydrogens (tertiary/aromatic N) is 2. The maximum atomic E-state index is 12.4. The van der Waals surface area contributed by atoms with Gasteiger partial charge in [-0.05, 0) is 32.8 Å². The molecule has 4 nitrogen and oxygen atoms in total. The fraction of sp³-hybridized carbons (Fsp3) is 0.600. The lowest BCUT2D eigenvalue weighted by Crippen LogP contribution is -2.32. The smallest absolute Gasteiger partial charge is 0.263 e. The minimum atomic E-state index is -0.175. The average molecular weight is 264 g/mol. The van der Waals surface area contributed by atoms with Crippen molar-refractivity contribution in [1.82, 2.24) is 4.57 Å². The summed E-state index contributed by atoms with van der Waals surface area (Å²) in [5.74, 6) is 0.371. The first-order chi connectivity index (χ1) is 8.96. The number of anilines is 1. The number of carbonyl (C=O) groups excluding carboxylic acids is 1. The van der Waals surface area contributed by atoms with Crippen LogP contribution in [0.1, 0.15) is 43.7 Å². The van der Waals surface area contributed by atoms with Gasteiger partial charge in [0.15, 0.2) is 6.29 Å². The summed E-state index contributed by atoms with van der Waals surface area (Å²) in [7, 11) is 0. The number of pyridine rings is 1. The fourth-order valence-corrected chi connectivity index (χ4v) is 2.30. The molecule has 0 radical (unpaired) electrons. The third-order valence-electron chi connectivity index (χ3n) is 3.29. The van der Waals surface area contributed by atoms with E-state index in [2.05, 4.69) is 13.8 Å². The van der Waals surface area contributed by atoms with Gasteiger partial charge in [0.2, 0.25) is 0 Å². The minimum Gasteiger partial charge on any atom is -0.371 e. The van der Waals surface area contributed by atoms with Gasteiger partial charge in [-0.1, -0.05) is 13.8 Å². The Morgan fingerprint density at radius 2 is 1.89 bits per heavy atom. The van der Waals surface area contributed by atoms with Crippen LogP contribution in [0.25, 0.3) is 0 Å². The van der Waals surface area contributed by atoms with Gasteiger partial charge in [0.05, 0.1) is 5.69 Å². The van der Waals surface area contributed by atoms with E-state index in [1.54, 1.807) is 4.57 Å². The predicted molar refractivity (Wildman–Crippen MR) is 79.2 cm³/mol. The lowest BCUT2D eigenvalue weighted by molar-refractivity contribution is 0.112. The van der Waals surface area contributed by atoms with E-state index in [0.29, 0.717) is 18.7 Å². The summed E-state index contributed by atoms with van der Waals surface area (Å²) in [5.41, 5.74) is 1.76. The summed E-state index contributed by atoms with van der Waals surface area (Å²) in [6.07, 6.45) is 0.687. The highest BCUT2D eigenvalue weighted by molar-refractivity contribution is 5.84. The zero-order valence-corrected chi connectivity index (χ0v) is 12.6. The van der Waals surface area contributed by atoms with Crippen molar-refractivity contribution >= 4 is 12.0 Å². The first-order valence-electron chi connectivity index (χ1n) is 6.90. The largest absolute Gasteiger partial charge is 0.371 e. The van der Waals surface area contributed by atoms with Crippen LogP contribution in [0, 0.1) is 12.8 Å². The van der Waals surface area contributed by atoms with Crippen molar-refractivity contribution < 1.29 is 4.79 Å². The number of aryl methyl sites for hydroxylation is 1. The Balaban J connectivity index is 3.46. The standard InChI is InChI=1S/C15H24N2O2/c1-6-16(7-2)14-8-12(5)17(9-11(3)4)15(19)13(14)10-18/h8,10-11H,6-7,9H2,1-5H3. The van der Waals surface area contributed by atoms with Crippen LogP contribution < -0.4 is 10.5 Å². The van der Waals surface area contributed by atoms with E-state index in [4.69, 9.17) is 0 Å². The van der Waals surface area contributed by atoms with Crippen LogP contribution in [-0.4, -0.2) is 23.9 Å². The maximum Gasteiger partial charge on any atom is 0.263 e. The van der Waals surface area contributed by atoms with Crippen LogP contribution in [-0.2, 0) is 6.54 Å². The van der Waals surface area contributed by atoms with Crippen molar-refractivity contribution in [3.63, 3.8) is 0 Å². The Morgan fingerprint density at radius 1 is 1.32 bits per heavy atom. The molecule has 0 amide bonds. The molecule has 0 N–H and O–H groups in total. The number of aldehydes is 1. The van der Waals surface area contributed by atoms with E-state index in [1.165, 1.54) is 0 Å². The van der Waals surface area contributed by atoms with Gasteiger partial charge in [-0.3, -0.25) is 9.59 Å². The van der Waals surface area contributed by atoms with Crippen molar-refractivity contribution in [2.75, 3.05) is 18.0 Å². The number of hydrogen-bond acceptors (Lipinski definition) is 3. The van der Waals surface area contributed by atoms with E-state index >= 15 is 0 Å². The topological polar surface area (TPSA) is 42.3 Å². The van der Waals surface area contributed by atoms with Crippen LogP contribution in [0.4, 0.5) is 5.69 Å². The summed E-state index contributed by atoms with van der Waals surface area (Å²) in [4.78, 5) is 25.8. The van der Waals surface area contributed by atoms with E-state index in [0.717, 1.165) is 24.5 Å². The molecule has 0 atom stereocenters. The second-order valence-corrected chi connectivity index (χ2v) is 5.18. The Morgan fingerprint density at radius 3 is 2.32 bits per heavy atom. The molecular formula is C15H24N2O2. The molecule has 0 aliphatic heterocycles. The summed E-state index contributed by atoms with van der Waals surface area (Å²) in [6.45, 7) is 12.3. The molecule has 0 spiro atoms. The molecular weight excluding hydrogens is 240 g/mol. The molecule has 1 aromatic rings. The monoisotopic (exact) mass is 264 g/mol. The van der Waals surface area contributed by atoms with E-state index in [1.807, 2.05) is 31.7 Å². The van der Waals surface area contributed by atoms with E-state index < -0.39 is 0 Å². The summed E-state index contributed by atoms with van der Waals surface area (Å²) in [5, 5.41) is 0. The van der Waals surface area contributed by atoms with Gasteiger partial charge in [-0.2, -0.15) is 0 Å². The summed E-state index contributed by atoms with van der Waals surface area (Å²) < 4.78 is 1.70. The Hall–Kier alpha value is -1.58. The average Bonchev–Trinajstić information content (AvgIpc) is 2.36. The number of aromatic nitrogens is 1. The molecule has 0 bridgehead atoms. The lowest BCUT2D eigenvalue weighted by atomic mass is 10.1. The van der Waals surface area contributed by atoms with E-state index in [-0.39, 0.29) is 11.1 Å². The molecule has 0 aliphatic carbocycles. The highest BCUT2D eigenvalue weighted by Crippen LogP contribution is 2.18. The molecule has 0 aromatic carbocycles. The first-order valence-corrected chi connectivity index (χ1v) is 6.90. The van der Waals surface area contributed by atoms with Crippen molar-refractivity contribution in [1.29, 1.82) is 0 Å². The van der Waals surface area contributed by atoms with Crippen molar-refractivity contribution in [3.8, 4) is 0 Å². The minimum absolute atomic E-state index is 0.175. The van der Waals surface area contributed by atoms with Gasteiger partial charge < -0.3 is 9.47 Å². The molecule has 1 heterocycles. The first kappa shape index (κ1) is 15.5. The van der Waals surface area contributed by atoms with Crippen LogP contribution >= 0.6 is 0 Å². The molecule has 0 saturated carbocycles.